The number of amides is 1. The Balaban J connectivity index is 1.73. The summed E-state index contributed by atoms with van der Waals surface area (Å²) < 4.78 is 28.0. The van der Waals surface area contributed by atoms with E-state index in [0.29, 0.717) is 12.2 Å². The Morgan fingerprint density at radius 3 is 2.22 bits per heavy atom. The molecule has 0 aromatic heterocycles. The van der Waals surface area contributed by atoms with Crippen molar-refractivity contribution < 1.29 is 13.2 Å². The number of nitrogens with zero attached hydrogens (tertiary/aromatic N) is 1. The Labute approximate surface area is 191 Å². The maximum Gasteiger partial charge on any atom is 0.264 e. The van der Waals surface area contributed by atoms with E-state index in [-0.39, 0.29) is 17.3 Å². The molecule has 6 heteroatoms. The number of aryl methyl sites for hydroxylation is 4. The van der Waals surface area contributed by atoms with Crippen molar-refractivity contribution in [3.63, 3.8) is 0 Å². The fraction of sp³-hybridized carbons (Fsp3) is 0.269. The van der Waals surface area contributed by atoms with Gasteiger partial charge in [0.25, 0.3) is 10.0 Å². The summed E-state index contributed by atoms with van der Waals surface area (Å²) in [6, 6.07) is 22.2. The van der Waals surface area contributed by atoms with Crippen LogP contribution in [0.25, 0.3) is 0 Å². The maximum absolute atomic E-state index is 13.4. The third-order valence-corrected chi connectivity index (χ3v) is 7.11. The first-order valence-electron chi connectivity index (χ1n) is 10.7. The molecular weight excluding hydrogens is 420 g/mol. The first-order chi connectivity index (χ1) is 15.3. The highest BCUT2D eigenvalue weighted by atomic mass is 32.2. The molecule has 0 aliphatic carbocycles. The van der Waals surface area contributed by atoms with Crippen molar-refractivity contribution in [2.24, 2.45) is 0 Å². The molecule has 0 spiro atoms. The molecule has 3 rings (SSSR count). The number of carbonyl (C=O) groups is 1. The summed E-state index contributed by atoms with van der Waals surface area (Å²) in [5.41, 5.74) is 4.67. The monoisotopic (exact) mass is 450 g/mol. The summed E-state index contributed by atoms with van der Waals surface area (Å²) in [7, 11) is -3.89. The molecule has 0 radical (unpaired) electrons. The van der Waals surface area contributed by atoms with Crippen LogP contribution in [0.5, 0.6) is 0 Å². The van der Waals surface area contributed by atoms with Crippen LogP contribution in [-0.2, 0) is 21.2 Å². The zero-order valence-electron chi connectivity index (χ0n) is 18.8. The van der Waals surface area contributed by atoms with Gasteiger partial charge in [-0.2, -0.15) is 0 Å². The Morgan fingerprint density at radius 1 is 0.875 bits per heavy atom. The van der Waals surface area contributed by atoms with Gasteiger partial charge in [0, 0.05) is 6.54 Å². The van der Waals surface area contributed by atoms with Crippen molar-refractivity contribution in [2.75, 3.05) is 17.4 Å². The zero-order valence-corrected chi connectivity index (χ0v) is 19.7. The first kappa shape index (κ1) is 23.5. The van der Waals surface area contributed by atoms with Crippen molar-refractivity contribution in [3.8, 4) is 0 Å². The lowest BCUT2D eigenvalue weighted by molar-refractivity contribution is -0.119. The standard InChI is InChI=1S/C26H30N2O3S/c1-20-12-15-23(16-13-20)8-7-17-27-26(29)19-28(25-18-21(2)11-14-22(25)3)32(30,31)24-9-5-4-6-10-24/h4-6,9-16,18H,7-8,17,19H2,1-3H3,(H,27,29). The van der Waals surface area contributed by atoms with Crippen LogP contribution < -0.4 is 9.62 Å². The Kier molecular flexibility index (Phi) is 7.70. The summed E-state index contributed by atoms with van der Waals surface area (Å²) in [5, 5.41) is 2.88. The molecule has 1 N–H and O–H groups in total. The van der Waals surface area contributed by atoms with Crippen LogP contribution in [0.1, 0.15) is 28.7 Å². The second-order valence-electron chi connectivity index (χ2n) is 8.05. The smallest absolute Gasteiger partial charge is 0.264 e. The molecular formula is C26H30N2O3S. The molecule has 0 atom stereocenters. The molecule has 0 bridgehead atoms. The number of nitrogens with one attached hydrogen (secondary N) is 1. The van der Waals surface area contributed by atoms with Crippen LogP contribution in [0, 0.1) is 20.8 Å². The minimum atomic E-state index is -3.89. The van der Waals surface area contributed by atoms with Gasteiger partial charge >= 0.3 is 0 Å². The van der Waals surface area contributed by atoms with Gasteiger partial charge in [-0.3, -0.25) is 9.10 Å². The topological polar surface area (TPSA) is 66.5 Å². The Morgan fingerprint density at radius 2 is 1.53 bits per heavy atom. The summed E-state index contributed by atoms with van der Waals surface area (Å²) in [6.45, 7) is 6.02. The van der Waals surface area contributed by atoms with Gasteiger partial charge in [0.2, 0.25) is 5.91 Å². The number of carbonyl (C=O) groups excluding carboxylic acids is 1. The highest BCUT2D eigenvalue weighted by Gasteiger charge is 2.28. The predicted octanol–water partition coefficient (Wildman–Crippen LogP) is 4.56. The van der Waals surface area contributed by atoms with Crippen molar-refractivity contribution in [3.05, 3.63) is 95.1 Å². The highest BCUT2D eigenvalue weighted by Crippen LogP contribution is 2.27. The Hall–Kier alpha value is -3.12. The van der Waals surface area contributed by atoms with Gasteiger partial charge in [0.1, 0.15) is 6.54 Å². The fourth-order valence-electron chi connectivity index (χ4n) is 3.47. The van der Waals surface area contributed by atoms with E-state index >= 15 is 0 Å². The zero-order chi connectivity index (χ0) is 23.1. The van der Waals surface area contributed by atoms with E-state index in [1.54, 1.807) is 36.4 Å². The maximum atomic E-state index is 13.4. The van der Waals surface area contributed by atoms with Crippen LogP contribution in [0.15, 0.2) is 77.7 Å². The van der Waals surface area contributed by atoms with Crippen molar-refractivity contribution >= 4 is 21.6 Å². The predicted molar refractivity (Wildman–Crippen MR) is 129 cm³/mol. The second-order valence-corrected chi connectivity index (χ2v) is 9.92. The average Bonchev–Trinajstić information content (AvgIpc) is 2.78. The van der Waals surface area contributed by atoms with Gasteiger partial charge in [-0.05, 0) is 68.5 Å². The van der Waals surface area contributed by atoms with E-state index in [1.807, 2.05) is 26.0 Å². The van der Waals surface area contributed by atoms with Gasteiger partial charge < -0.3 is 5.32 Å². The molecule has 32 heavy (non-hydrogen) atoms. The minimum absolute atomic E-state index is 0.160. The number of hydrogen-bond donors (Lipinski definition) is 1. The van der Waals surface area contributed by atoms with Gasteiger partial charge in [-0.1, -0.05) is 60.2 Å². The summed E-state index contributed by atoms with van der Waals surface area (Å²) in [5.74, 6) is -0.325. The van der Waals surface area contributed by atoms with Crippen molar-refractivity contribution in [2.45, 2.75) is 38.5 Å². The van der Waals surface area contributed by atoms with Crippen LogP contribution in [-0.4, -0.2) is 27.4 Å². The lowest BCUT2D eigenvalue weighted by atomic mass is 10.1. The average molecular weight is 451 g/mol. The van der Waals surface area contributed by atoms with Gasteiger partial charge in [-0.15, -0.1) is 0 Å². The molecule has 0 unspecified atom stereocenters. The van der Waals surface area contributed by atoms with E-state index in [1.165, 1.54) is 15.4 Å². The third-order valence-electron chi connectivity index (χ3n) is 5.34. The number of rotatable bonds is 9. The number of benzene rings is 3. The SMILES string of the molecule is Cc1ccc(CCCNC(=O)CN(c2cc(C)ccc2C)S(=O)(=O)c2ccccc2)cc1. The van der Waals surface area contributed by atoms with Crippen LogP contribution in [0.4, 0.5) is 5.69 Å². The molecule has 0 fully saturated rings. The van der Waals surface area contributed by atoms with E-state index in [9.17, 15) is 13.2 Å². The fourth-order valence-corrected chi connectivity index (χ4v) is 4.97. The molecule has 0 saturated carbocycles. The van der Waals surface area contributed by atoms with Crippen LogP contribution in [0.2, 0.25) is 0 Å². The number of anilines is 1. The second kappa shape index (κ2) is 10.5. The highest BCUT2D eigenvalue weighted by molar-refractivity contribution is 7.92. The molecule has 168 valence electrons. The molecule has 0 aliphatic heterocycles. The number of hydrogen-bond acceptors (Lipinski definition) is 3. The van der Waals surface area contributed by atoms with E-state index in [2.05, 4.69) is 36.5 Å². The third kappa shape index (κ3) is 5.98. The van der Waals surface area contributed by atoms with Gasteiger partial charge in [0.15, 0.2) is 0 Å². The molecule has 0 saturated heterocycles. The van der Waals surface area contributed by atoms with Crippen molar-refractivity contribution in [1.82, 2.24) is 5.32 Å². The largest absolute Gasteiger partial charge is 0.355 e. The van der Waals surface area contributed by atoms with E-state index < -0.39 is 10.0 Å². The molecule has 3 aromatic rings. The van der Waals surface area contributed by atoms with E-state index in [0.717, 1.165) is 24.0 Å². The summed E-state index contributed by atoms with van der Waals surface area (Å²) in [4.78, 5) is 12.9. The first-order valence-corrected chi connectivity index (χ1v) is 12.2. The summed E-state index contributed by atoms with van der Waals surface area (Å²) in [6.07, 6.45) is 1.63. The van der Waals surface area contributed by atoms with Crippen LogP contribution >= 0.6 is 0 Å². The minimum Gasteiger partial charge on any atom is -0.355 e. The van der Waals surface area contributed by atoms with Crippen LogP contribution in [0.3, 0.4) is 0 Å². The lowest BCUT2D eigenvalue weighted by Crippen LogP contribution is -2.41. The molecule has 5 nitrogen and oxygen atoms in total. The number of sulfonamides is 1. The molecule has 3 aromatic carbocycles. The molecule has 0 heterocycles. The van der Waals surface area contributed by atoms with Crippen molar-refractivity contribution in [1.29, 1.82) is 0 Å². The normalized spacial score (nSPS) is 11.2. The van der Waals surface area contributed by atoms with Gasteiger partial charge in [0.05, 0.1) is 10.6 Å². The molecule has 1 amide bonds. The summed E-state index contributed by atoms with van der Waals surface area (Å²) >= 11 is 0. The molecule has 0 aliphatic rings. The van der Waals surface area contributed by atoms with E-state index in [4.69, 9.17) is 0 Å². The van der Waals surface area contributed by atoms with Gasteiger partial charge in [-0.25, -0.2) is 8.42 Å². The Bertz CT molecular complexity index is 1160. The quantitative estimate of drug-likeness (QED) is 0.486. The lowest BCUT2D eigenvalue weighted by Gasteiger charge is -2.26.